The number of nitrogens with zero attached hydrogens (tertiary/aromatic N) is 3. The van der Waals surface area contributed by atoms with E-state index in [-0.39, 0.29) is 34.0 Å². The average molecular weight is 618 g/mol. The number of aliphatic hydroxyl groups excluding tert-OH is 1. The van der Waals surface area contributed by atoms with E-state index >= 15 is 0 Å². The Balaban J connectivity index is 1.72. The molecule has 1 atom stereocenters. The lowest BCUT2D eigenvalue weighted by Crippen LogP contribution is -2.31. The summed E-state index contributed by atoms with van der Waals surface area (Å²) < 4.78 is 69.3. The molecule has 0 unspecified atom stereocenters. The molecule has 0 spiro atoms. The Hall–Kier alpha value is -3.97. The number of carbonyl (C=O) groups is 1. The van der Waals surface area contributed by atoms with Gasteiger partial charge in [0.15, 0.2) is 9.84 Å². The van der Waals surface area contributed by atoms with Crippen molar-refractivity contribution in [2.75, 3.05) is 12.4 Å². The summed E-state index contributed by atoms with van der Waals surface area (Å²) in [6, 6.07) is 9.32. The van der Waals surface area contributed by atoms with Crippen molar-refractivity contribution in [3.8, 4) is 11.1 Å². The van der Waals surface area contributed by atoms with Gasteiger partial charge in [-0.1, -0.05) is 58.0 Å². The van der Waals surface area contributed by atoms with Crippen LogP contribution in [-0.2, 0) is 28.0 Å². The third-order valence-corrected chi connectivity index (χ3v) is 8.94. The molecule has 0 saturated heterocycles. The number of amides is 1. The molecule has 9 nitrogen and oxygen atoms in total. The molecular weight excluding hydrogens is 583 g/mol. The summed E-state index contributed by atoms with van der Waals surface area (Å²) in [5.41, 5.74) is -0.327. The summed E-state index contributed by atoms with van der Waals surface area (Å²) in [5.74, 6) is -0.288. The minimum Gasteiger partial charge on any atom is -0.394 e. The molecule has 0 aliphatic heterocycles. The molecule has 13 heteroatoms. The second-order valence-corrected chi connectivity index (χ2v) is 13.5. The zero-order chi connectivity index (χ0) is 31.7. The number of hydrogen-bond acceptors (Lipinski definition) is 6. The van der Waals surface area contributed by atoms with E-state index in [2.05, 4.69) is 20.5 Å². The highest BCUT2D eigenvalue weighted by Crippen LogP contribution is 2.40. The fraction of sp³-hybridized carbons (Fsp3) is 0.367. The van der Waals surface area contributed by atoms with Crippen molar-refractivity contribution in [1.82, 2.24) is 25.1 Å². The Bertz CT molecular complexity index is 1710. The van der Waals surface area contributed by atoms with Gasteiger partial charge in [0, 0.05) is 29.4 Å². The van der Waals surface area contributed by atoms with E-state index in [1.807, 2.05) is 20.8 Å². The molecule has 43 heavy (non-hydrogen) atoms. The largest absolute Gasteiger partial charge is 0.417 e. The fourth-order valence-corrected chi connectivity index (χ4v) is 5.81. The molecule has 0 bridgehead atoms. The summed E-state index contributed by atoms with van der Waals surface area (Å²) in [7, 11) is -3.43. The van der Waals surface area contributed by atoms with E-state index in [9.17, 15) is 31.5 Å². The van der Waals surface area contributed by atoms with E-state index in [4.69, 9.17) is 0 Å². The SMILES string of the molecule is CCS(=O)(=O)c1ccc([C@@H](CO)NC(=O)c2nc(C(C)(C)C)n(Cc3cccc(-c4cn[nH]c4)c3C(F)(F)F)c2C)cc1. The number of rotatable bonds is 9. The number of H-pyrrole nitrogens is 1. The van der Waals surface area contributed by atoms with E-state index < -0.39 is 45.5 Å². The average Bonchev–Trinajstić information content (AvgIpc) is 3.60. The van der Waals surface area contributed by atoms with Crippen LogP contribution in [0.2, 0.25) is 0 Å². The van der Waals surface area contributed by atoms with Gasteiger partial charge in [-0.2, -0.15) is 18.3 Å². The summed E-state index contributed by atoms with van der Waals surface area (Å²) in [4.78, 5) is 18.2. The molecule has 2 aromatic carbocycles. The third-order valence-electron chi connectivity index (χ3n) is 7.19. The van der Waals surface area contributed by atoms with Crippen molar-refractivity contribution >= 4 is 15.7 Å². The molecule has 2 aromatic heterocycles. The van der Waals surface area contributed by atoms with Crippen LogP contribution in [0.25, 0.3) is 11.1 Å². The Morgan fingerprint density at radius 2 is 1.79 bits per heavy atom. The highest BCUT2D eigenvalue weighted by atomic mass is 32.2. The standard InChI is InChI=1S/C30H34F3N5O4S/c1-6-43(41,42)22-12-10-19(11-13-22)24(17-39)36-27(40)26-18(2)38(28(37-26)29(3,4)5)16-20-8-7-9-23(21-14-34-35-15-21)25(20)30(31,32)33/h7-15,24,39H,6,16-17H2,1-5H3,(H,34,35)(H,36,40)/t24-/m1/s1. The first-order chi connectivity index (χ1) is 20.1. The predicted molar refractivity (Wildman–Crippen MR) is 155 cm³/mol. The molecule has 1 amide bonds. The number of aliphatic hydroxyl groups is 1. The summed E-state index contributed by atoms with van der Waals surface area (Å²) >= 11 is 0. The van der Waals surface area contributed by atoms with Gasteiger partial charge in [0.1, 0.15) is 11.5 Å². The fourth-order valence-electron chi connectivity index (χ4n) is 4.93. The first-order valence-electron chi connectivity index (χ1n) is 13.6. The van der Waals surface area contributed by atoms with Crippen molar-refractivity contribution in [2.24, 2.45) is 0 Å². The van der Waals surface area contributed by atoms with Gasteiger partial charge in [-0.15, -0.1) is 0 Å². The molecular formula is C30H34F3N5O4S. The molecule has 0 fully saturated rings. The van der Waals surface area contributed by atoms with E-state index in [0.717, 1.165) is 0 Å². The molecule has 4 aromatic rings. The third kappa shape index (κ3) is 6.67. The number of sulfone groups is 1. The Labute approximate surface area is 248 Å². The van der Waals surface area contributed by atoms with Crippen LogP contribution < -0.4 is 5.32 Å². The highest BCUT2D eigenvalue weighted by Gasteiger charge is 2.37. The maximum Gasteiger partial charge on any atom is 0.417 e. The lowest BCUT2D eigenvalue weighted by Gasteiger charge is -2.23. The van der Waals surface area contributed by atoms with Gasteiger partial charge < -0.3 is 15.0 Å². The molecule has 2 heterocycles. The van der Waals surface area contributed by atoms with Gasteiger partial charge in [0.25, 0.3) is 5.91 Å². The lowest BCUT2D eigenvalue weighted by atomic mass is 9.94. The van der Waals surface area contributed by atoms with Crippen LogP contribution in [0.4, 0.5) is 13.2 Å². The molecule has 0 radical (unpaired) electrons. The number of carbonyl (C=O) groups excluding carboxylic acids is 1. The number of imidazole rings is 1. The van der Waals surface area contributed by atoms with Crippen LogP contribution in [0.1, 0.15) is 72.4 Å². The minimum atomic E-state index is -4.67. The van der Waals surface area contributed by atoms with Gasteiger partial charge in [-0.3, -0.25) is 9.89 Å². The van der Waals surface area contributed by atoms with E-state index in [0.29, 0.717) is 22.6 Å². The first-order valence-corrected chi connectivity index (χ1v) is 15.2. The van der Waals surface area contributed by atoms with Gasteiger partial charge in [0.2, 0.25) is 0 Å². The van der Waals surface area contributed by atoms with Crippen LogP contribution in [0.15, 0.2) is 59.8 Å². The van der Waals surface area contributed by atoms with Gasteiger partial charge in [-0.25, -0.2) is 13.4 Å². The molecule has 0 saturated carbocycles. The summed E-state index contributed by atoms with van der Waals surface area (Å²) in [6.45, 7) is 8.02. The maximum atomic E-state index is 14.4. The second kappa shape index (κ2) is 12.0. The van der Waals surface area contributed by atoms with Crippen LogP contribution >= 0.6 is 0 Å². The van der Waals surface area contributed by atoms with Gasteiger partial charge in [0.05, 0.1) is 35.1 Å². The molecule has 3 N–H and O–H groups in total. The number of hydrogen-bond donors (Lipinski definition) is 3. The number of alkyl halides is 3. The zero-order valence-electron chi connectivity index (χ0n) is 24.5. The van der Waals surface area contributed by atoms with Crippen molar-refractivity contribution in [2.45, 2.75) is 63.7 Å². The smallest absolute Gasteiger partial charge is 0.394 e. The lowest BCUT2D eigenvalue weighted by molar-refractivity contribution is -0.137. The van der Waals surface area contributed by atoms with Crippen molar-refractivity contribution in [3.63, 3.8) is 0 Å². The molecule has 0 aliphatic rings. The van der Waals surface area contributed by atoms with Gasteiger partial charge in [-0.05, 0) is 35.7 Å². The minimum absolute atomic E-state index is 0.000450. The number of halogens is 3. The Morgan fingerprint density at radius 1 is 1.12 bits per heavy atom. The van der Waals surface area contributed by atoms with Crippen molar-refractivity contribution in [3.05, 3.63) is 88.8 Å². The quantitative estimate of drug-likeness (QED) is 0.237. The monoisotopic (exact) mass is 617 g/mol. The van der Waals surface area contributed by atoms with E-state index in [1.165, 1.54) is 55.7 Å². The maximum absolute atomic E-state index is 14.4. The number of aromatic amines is 1. The zero-order valence-corrected chi connectivity index (χ0v) is 25.3. The van der Waals surface area contributed by atoms with E-state index in [1.54, 1.807) is 17.6 Å². The number of nitrogens with one attached hydrogen (secondary N) is 2. The van der Waals surface area contributed by atoms with Crippen LogP contribution in [0.5, 0.6) is 0 Å². The normalized spacial score (nSPS) is 13.2. The van der Waals surface area contributed by atoms with Crippen molar-refractivity contribution < 1.29 is 31.5 Å². The summed E-state index contributed by atoms with van der Waals surface area (Å²) in [5, 5.41) is 19.1. The Kier molecular flexibility index (Phi) is 8.89. The van der Waals surface area contributed by atoms with Crippen molar-refractivity contribution in [1.29, 1.82) is 0 Å². The second-order valence-electron chi connectivity index (χ2n) is 11.2. The Morgan fingerprint density at radius 3 is 2.33 bits per heavy atom. The number of benzene rings is 2. The molecule has 0 aliphatic carbocycles. The molecule has 230 valence electrons. The van der Waals surface area contributed by atoms with Crippen LogP contribution in [0.3, 0.4) is 0 Å². The predicted octanol–water partition coefficient (Wildman–Crippen LogP) is 5.20. The molecule has 4 rings (SSSR count). The first kappa shape index (κ1) is 32.0. The topological polar surface area (TPSA) is 130 Å². The van der Waals surface area contributed by atoms with Gasteiger partial charge >= 0.3 is 6.18 Å². The van der Waals surface area contributed by atoms with Crippen LogP contribution in [-0.4, -0.2) is 51.5 Å². The van der Waals surface area contributed by atoms with Crippen LogP contribution in [0, 0.1) is 6.92 Å². The summed E-state index contributed by atoms with van der Waals surface area (Å²) in [6.07, 6.45) is -1.94. The highest BCUT2D eigenvalue weighted by molar-refractivity contribution is 7.91. The number of aromatic nitrogens is 4.